The van der Waals surface area contributed by atoms with Gasteiger partial charge in [0.1, 0.15) is 0 Å². The summed E-state index contributed by atoms with van der Waals surface area (Å²) in [7, 11) is 0. The molecule has 214 valence electrons. The Morgan fingerprint density at radius 3 is 1.67 bits per heavy atom. The fourth-order valence-electron chi connectivity index (χ4n) is 6.20. The fraction of sp³-hybridized carbons (Fsp3) is 0.0233. The molecule has 0 amide bonds. The van der Waals surface area contributed by atoms with E-state index in [9.17, 15) is 0 Å². The van der Waals surface area contributed by atoms with Crippen molar-refractivity contribution in [3.8, 4) is 45.0 Å². The third kappa shape index (κ3) is 5.28. The number of nitrogens with zero attached hydrogens (tertiary/aromatic N) is 2. The lowest BCUT2D eigenvalue weighted by molar-refractivity contribution is 1.18. The number of benzene rings is 6. The molecule has 0 aliphatic carbocycles. The first-order valence-corrected chi connectivity index (χ1v) is 15.2. The molecule has 0 aliphatic rings. The van der Waals surface area contributed by atoms with Gasteiger partial charge in [0.05, 0.1) is 11.4 Å². The largest absolute Gasteiger partial charge is 0.228 e. The highest BCUT2D eigenvalue weighted by Crippen LogP contribution is 2.39. The van der Waals surface area contributed by atoms with Crippen LogP contribution < -0.4 is 0 Å². The summed E-state index contributed by atoms with van der Waals surface area (Å²) in [6, 6.07) is 46.9. The normalized spacial score (nSPS) is 11.5. The maximum atomic E-state index is 5.08. The molecule has 0 N–H and O–H groups in total. The molecule has 0 spiro atoms. The van der Waals surface area contributed by atoms with Crippen molar-refractivity contribution in [3.63, 3.8) is 0 Å². The predicted molar refractivity (Wildman–Crippen MR) is 192 cm³/mol. The van der Waals surface area contributed by atoms with Gasteiger partial charge in [-0.3, -0.25) is 0 Å². The van der Waals surface area contributed by atoms with Gasteiger partial charge in [-0.15, -0.1) is 0 Å². The summed E-state index contributed by atoms with van der Waals surface area (Å²) >= 11 is 0. The van der Waals surface area contributed by atoms with Crippen molar-refractivity contribution < 1.29 is 0 Å². The van der Waals surface area contributed by atoms with Crippen molar-refractivity contribution in [1.82, 2.24) is 9.97 Å². The second kappa shape index (κ2) is 12.0. The minimum absolute atomic E-state index is 0.686. The third-order valence-corrected chi connectivity index (χ3v) is 8.45. The van der Waals surface area contributed by atoms with Gasteiger partial charge < -0.3 is 0 Å². The van der Waals surface area contributed by atoms with Gasteiger partial charge in [-0.2, -0.15) is 0 Å². The minimum atomic E-state index is 0.686. The maximum absolute atomic E-state index is 5.08. The molecule has 0 aliphatic heterocycles. The zero-order valence-corrected chi connectivity index (χ0v) is 25.2. The van der Waals surface area contributed by atoms with E-state index in [-0.39, 0.29) is 0 Å². The van der Waals surface area contributed by atoms with Gasteiger partial charge in [-0.05, 0) is 62.4 Å². The van der Waals surface area contributed by atoms with Crippen LogP contribution in [0.25, 0.3) is 72.1 Å². The lowest BCUT2D eigenvalue weighted by Gasteiger charge is -2.16. The second-order valence-corrected chi connectivity index (χ2v) is 11.1. The number of fused-ring (bicyclic) bond motifs is 3. The molecule has 7 aromatic rings. The summed E-state index contributed by atoms with van der Waals surface area (Å²) in [6.07, 6.45) is 5.57. The average Bonchev–Trinajstić information content (AvgIpc) is 3.11. The second-order valence-electron chi connectivity index (χ2n) is 11.1. The van der Waals surface area contributed by atoms with Crippen molar-refractivity contribution in [3.05, 3.63) is 176 Å². The van der Waals surface area contributed by atoms with Crippen LogP contribution in [0.5, 0.6) is 0 Å². The van der Waals surface area contributed by atoms with Crippen LogP contribution in [0.3, 0.4) is 0 Å². The summed E-state index contributed by atoms with van der Waals surface area (Å²) in [5.41, 5.74) is 10.7. The number of hydrogen-bond donors (Lipinski definition) is 0. The lowest BCUT2D eigenvalue weighted by atomic mass is 9.88. The zero-order valence-electron chi connectivity index (χ0n) is 25.2. The number of aryl methyl sites for hydroxylation is 1. The summed E-state index contributed by atoms with van der Waals surface area (Å²) < 4.78 is 0. The van der Waals surface area contributed by atoms with E-state index in [0.29, 0.717) is 5.82 Å². The van der Waals surface area contributed by atoms with Gasteiger partial charge in [0.15, 0.2) is 5.82 Å². The fourth-order valence-corrected chi connectivity index (χ4v) is 6.20. The molecular weight excluding hydrogens is 544 g/mol. The quantitative estimate of drug-likeness (QED) is 0.139. The van der Waals surface area contributed by atoms with Gasteiger partial charge in [-0.25, -0.2) is 9.97 Å². The molecule has 1 heterocycles. The molecule has 6 aromatic carbocycles. The van der Waals surface area contributed by atoms with Crippen molar-refractivity contribution in [2.24, 2.45) is 0 Å². The van der Waals surface area contributed by atoms with Gasteiger partial charge in [0.25, 0.3) is 0 Å². The van der Waals surface area contributed by atoms with E-state index in [1.165, 1.54) is 38.2 Å². The molecule has 0 bridgehead atoms. The van der Waals surface area contributed by atoms with E-state index in [2.05, 4.69) is 135 Å². The Labute approximate surface area is 264 Å². The van der Waals surface area contributed by atoms with Crippen LogP contribution in [0.2, 0.25) is 0 Å². The SMILES string of the molecule is C=C/C=C(\C=C)c1ccc(-c2nc(-c3ccccc3)cc(-c3ccc(-c4c(C)c5ccccc5c5ccccc45)cc3)n2)cc1. The number of rotatable bonds is 7. The van der Waals surface area contributed by atoms with Crippen molar-refractivity contribution in [1.29, 1.82) is 0 Å². The number of aromatic nitrogens is 2. The van der Waals surface area contributed by atoms with Crippen LogP contribution >= 0.6 is 0 Å². The van der Waals surface area contributed by atoms with E-state index in [4.69, 9.17) is 9.97 Å². The zero-order chi connectivity index (χ0) is 30.8. The van der Waals surface area contributed by atoms with E-state index in [1.807, 2.05) is 30.4 Å². The Morgan fingerprint density at radius 2 is 1.04 bits per heavy atom. The topological polar surface area (TPSA) is 25.8 Å². The molecule has 1 aromatic heterocycles. The van der Waals surface area contributed by atoms with Gasteiger partial charge in [-0.1, -0.05) is 159 Å². The average molecular weight is 577 g/mol. The van der Waals surface area contributed by atoms with E-state index < -0.39 is 0 Å². The van der Waals surface area contributed by atoms with Crippen LogP contribution in [0.4, 0.5) is 0 Å². The molecule has 2 nitrogen and oxygen atoms in total. The van der Waals surface area contributed by atoms with E-state index >= 15 is 0 Å². The Morgan fingerprint density at radius 1 is 0.533 bits per heavy atom. The van der Waals surface area contributed by atoms with Gasteiger partial charge in [0.2, 0.25) is 0 Å². The molecule has 7 rings (SSSR count). The van der Waals surface area contributed by atoms with Crippen LogP contribution in [-0.4, -0.2) is 9.97 Å². The lowest BCUT2D eigenvalue weighted by Crippen LogP contribution is -1.96. The maximum Gasteiger partial charge on any atom is 0.160 e. The molecule has 0 saturated carbocycles. The predicted octanol–water partition coefficient (Wildman–Crippen LogP) is 11.5. The smallest absolute Gasteiger partial charge is 0.160 e. The summed E-state index contributed by atoms with van der Waals surface area (Å²) in [4.78, 5) is 10.1. The van der Waals surface area contributed by atoms with Gasteiger partial charge >= 0.3 is 0 Å². The number of hydrogen-bond acceptors (Lipinski definition) is 2. The summed E-state index contributed by atoms with van der Waals surface area (Å²) in [6.45, 7) is 10.0. The Bertz CT molecular complexity index is 2220. The van der Waals surface area contributed by atoms with Crippen LogP contribution in [0.1, 0.15) is 11.1 Å². The van der Waals surface area contributed by atoms with Crippen LogP contribution in [0, 0.1) is 6.92 Å². The Kier molecular flexibility index (Phi) is 7.47. The Hall–Kier alpha value is -5.86. The van der Waals surface area contributed by atoms with Crippen molar-refractivity contribution in [2.75, 3.05) is 0 Å². The first kappa shape index (κ1) is 27.9. The van der Waals surface area contributed by atoms with Crippen LogP contribution in [0.15, 0.2) is 165 Å². The van der Waals surface area contributed by atoms with Crippen molar-refractivity contribution in [2.45, 2.75) is 6.92 Å². The monoisotopic (exact) mass is 576 g/mol. The third-order valence-electron chi connectivity index (χ3n) is 8.45. The standard InChI is InChI=1S/C43H32N2/c1-4-13-30(5-2)31-20-26-35(27-21-31)43-44-40(32-14-7-6-8-15-32)28-41(45-43)33-22-24-34(25-23-33)42-29(3)36-16-9-10-17-37(36)38-18-11-12-19-39(38)42/h4-28H,1-2H2,3H3/b30-13+. The molecule has 45 heavy (non-hydrogen) atoms. The minimum Gasteiger partial charge on any atom is -0.228 e. The molecular formula is C43H32N2. The molecule has 0 atom stereocenters. The highest BCUT2D eigenvalue weighted by Gasteiger charge is 2.15. The summed E-state index contributed by atoms with van der Waals surface area (Å²) in [5, 5.41) is 5.12. The van der Waals surface area contributed by atoms with Gasteiger partial charge in [0, 0.05) is 16.7 Å². The van der Waals surface area contributed by atoms with E-state index in [0.717, 1.165) is 39.2 Å². The number of allylic oxidation sites excluding steroid dienone is 4. The molecule has 0 fully saturated rings. The first-order chi connectivity index (χ1) is 22.1. The molecule has 0 saturated heterocycles. The van der Waals surface area contributed by atoms with E-state index in [1.54, 1.807) is 6.08 Å². The molecule has 0 unspecified atom stereocenters. The molecule has 2 heteroatoms. The Balaban J connectivity index is 1.33. The first-order valence-electron chi connectivity index (χ1n) is 15.2. The van der Waals surface area contributed by atoms with Crippen LogP contribution in [-0.2, 0) is 0 Å². The van der Waals surface area contributed by atoms with Crippen molar-refractivity contribution >= 4 is 27.1 Å². The molecule has 0 radical (unpaired) electrons. The highest BCUT2D eigenvalue weighted by atomic mass is 14.9. The summed E-state index contributed by atoms with van der Waals surface area (Å²) in [5.74, 6) is 0.686. The highest BCUT2D eigenvalue weighted by molar-refractivity contribution is 6.15.